The Hall–Kier alpha value is -2.34. The molecule has 2 rings (SSSR count). The van der Waals surface area contributed by atoms with Crippen LogP contribution in [0, 0.1) is 6.92 Å². The second-order valence-corrected chi connectivity index (χ2v) is 5.71. The number of aryl methyl sites for hydroxylation is 1. The Labute approximate surface area is 139 Å². The molecule has 0 unspecified atom stereocenters. The predicted molar refractivity (Wildman–Crippen MR) is 87.1 cm³/mol. The summed E-state index contributed by atoms with van der Waals surface area (Å²) >= 11 is 5.87. The Morgan fingerprint density at radius 1 is 1.30 bits per heavy atom. The molecule has 0 atom stereocenters. The largest absolute Gasteiger partial charge is 0.481 e. The molecule has 1 amide bonds. The fourth-order valence-corrected chi connectivity index (χ4v) is 2.30. The fourth-order valence-electron chi connectivity index (χ4n) is 2.17. The van der Waals surface area contributed by atoms with Crippen LogP contribution in [0.4, 0.5) is 0 Å². The molecule has 2 aromatic rings. The second kappa shape index (κ2) is 7.28. The number of amides is 1. The summed E-state index contributed by atoms with van der Waals surface area (Å²) in [6.45, 7) is 2.15. The second-order valence-electron chi connectivity index (χ2n) is 5.27. The van der Waals surface area contributed by atoms with Gasteiger partial charge in [-0.2, -0.15) is 5.10 Å². The molecule has 122 valence electrons. The Morgan fingerprint density at radius 3 is 2.57 bits per heavy atom. The number of rotatable bonds is 6. The Morgan fingerprint density at radius 2 is 1.96 bits per heavy atom. The Balaban J connectivity index is 2.12. The number of aromatic nitrogens is 2. The van der Waals surface area contributed by atoms with Crippen molar-refractivity contribution in [1.82, 2.24) is 14.7 Å². The highest BCUT2D eigenvalue weighted by atomic mass is 35.5. The first-order valence-electron chi connectivity index (χ1n) is 7.18. The molecule has 1 aromatic heterocycles. The number of hydrogen-bond donors (Lipinski definition) is 1. The molecule has 0 fully saturated rings. The molecule has 23 heavy (non-hydrogen) atoms. The third-order valence-electron chi connectivity index (χ3n) is 3.45. The van der Waals surface area contributed by atoms with Gasteiger partial charge >= 0.3 is 5.97 Å². The van der Waals surface area contributed by atoms with Crippen LogP contribution in [0.5, 0.6) is 0 Å². The van der Waals surface area contributed by atoms with Gasteiger partial charge in [-0.3, -0.25) is 9.59 Å². The van der Waals surface area contributed by atoms with Gasteiger partial charge in [0, 0.05) is 31.2 Å². The molecule has 0 aliphatic heterocycles. The lowest BCUT2D eigenvalue weighted by Crippen LogP contribution is -2.28. The van der Waals surface area contributed by atoms with Gasteiger partial charge in [0.05, 0.1) is 16.9 Å². The van der Waals surface area contributed by atoms with Crippen LogP contribution in [0.15, 0.2) is 30.5 Å². The number of carboxylic acids is 1. The minimum Gasteiger partial charge on any atom is -0.481 e. The van der Waals surface area contributed by atoms with E-state index in [2.05, 4.69) is 5.10 Å². The number of nitrogens with zero attached hydrogens (tertiary/aromatic N) is 3. The summed E-state index contributed by atoms with van der Waals surface area (Å²) in [4.78, 5) is 24.5. The fraction of sp³-hybridized carbons (Fsp3) is 0.312. The van der Waals surface area contributed by atoms with Crippen molar-refractivity contribution < 1.29 is 14.7 Å². The van der Waals surface area contributed by atoms with Crippen molar-refractivity contribution in [3.8, 4) is 5.69 Å². The Kier molecular flexibility index (Phi) is 5.39. The van der Waals surface area contributed by atoms with Crippen LogP contribution in [0.25, 0.3) is 5.69 Å². The van der Waals surface area contributed by atoms with Gasteiger partial charge in [-0.05, 0) is 37.6 Å². The van der Waals surface area contributed by atoms with E-state index in [9.17, 15) is 9.59 Å². The Bertz CT molecular complexity index is 710. The van der Waals surface area contributed by atoms with Crippen molar-refractivity contribution in [2.45, 2.75) is 19.8 Å². The van der Waals surface area contributed by atoms with Crippen LogP contribution < -0.4 is 0 Å². The van der Waals surface area contributed by atoms with E-state index in [1.54, 1.807) is 37.0 Å². The van der Waals surface area contributed by atoms with Gasteiger partial charge in [0.25, 0.3) is 5.91 Å². The van der Waals surface area contributed by atoms with E-state index in [1.807, 2.05) is 12.1 Å². The first-order chi connectivity index (χ1) is 10.9. The highest BCUT2D eigenvalue weighted by Gasteiger charge is 2.18. The van der Waals surface area contributed by atoms with Crippen molar-refractivity contribution in [3.05, 3.63) is 46.7 Å². The molecule has 6 nitrogen and oxygen atoms in total. The van der Waals surface area contributed by atoms with E-state index in [-0.39, 0.29) is 12.3 Å². The lowest BCUT2D eigenvalue weighted by Gasteiger charge is -2.15. The smallest absolute Gasteiger partial charge is 0.303 e. The summed E-state index contributed by atoms with van der Waals surface area (Å²) in [5, 5.41) is 13.6. The number of carbonyl (C=O) groups excluding carboxylic acids is 1. The SMILES string of the molecule is Cc1nn(-c2ccc(Cl)cc2)cc1C(=O)N(C)CCCC(=O)O. The minimum atomic E-state index is -0.863. The maximum absolute atomic E-state index is 12.4. The highest BCUT2D eigenvalue weighted by Crippen LogP contribution is 2.16. The summed E-state index contributed by atoms with van der Waals surface area (Å²) in [6, 6.07) is 7.15. The van der Waals surface area contributed by atoms with Crippen LogP contribution in [0.1, 0.15) is 28.9 Å². The van der Waals surface area contributed by atoms with Crippen LogP contribution >= 0.6 is 11.6 Å². The maximum atomic E-state index is 12.4. The summed E-state index contributed by atoms with van der Waals surface area (Å²) in [6.07, 6.45) is 2.14. The van der Waals surface area contributed by atoms with Crippen LogP contribution in [0.2, 0.25) is 5.02 Å². The first-order valence-corrected chi connectivity index (χ1v) is 7.55. The van der Waals surface area contributed by atoms with Crippen molar-refractivity contribution in [3.63, 3.8) is 0 Å². The van der Waals surface area contributed by atoms with Crippen LogP contribution in [-0.4, -0.2) is 45.3 Å². The van der Waals surface area contributed by atoms with E-state index in [1.165, 1.54) is 4.90 Å². The third-order valence-corrected chi connectivity index (χ3v) is 3.70. The van der Waals surface area contributed by atoms with E-state index in [0.717, 1.165) is 5.69 Å². The molecule has 0 aliphatic rings. The molecule has 1 N–H and O–H groups in total. The molecule has 0 bridgehead atoms. The van der Waals surface area contributed by atoms with Crippen molar-refractivity contribution in [2.75, 3.05) is 13.6 Å². The number of hydrogen-bond acceptors (Lipinski definition) is 3. The van der Waals surface area contributed by atoms with E-state index >= 15 is 0 Å². The van der Waals surface area contributed by atoms with Crippen molar-refractivity contribution >= 4 is 23.5 Å². The number of aliphatic carboxylic acids is 1. The average molecular weight is 336 g/mol. The number of carbonyl (C=O) groups is 2. The number of halogens is 1. The van der Waals surface area contributed by atoms with E-state index in [0.29, 0.717) is 29.2 Å². The third kappa shape index (κ3) is 4.32. The molecule has 7 heteroatoms. The van der Waals surface area contributed by atoms with Gasteiger partial charge in [-0.15, -0.1) is 0 Å². The summed E-state index contributed by atoms with van der Waals surface area (Å²) in [5.74, 6) is -1.04. The van der Waals surface area contributed by atoms with Gasteiger partial charge in [0.2, 0.25) is 0 Å². The lowest BCUT2D eigenvalue weighted by molar-refractivity contribution is -0.137. The zero-order valence-corrected chi connectivity index (χ0v) is 13.7. The molecular formula is C16H18ClN3O3. The molecule has 0 aliphatic carbocycles. The number of benzene rings is 1. The van der Waals surface area contributed by atoms with Gasteiger partial charge < -0.3 is 10.0 Å². The molecule has 1 aromatic carbocycles. The highest BCUT2D eigenvalue weighted by molar-refractivity contribution is 6.30. The molecule has 0 spiro atoms. The standard InChI is InChI=1S/C16H18ClN3O3/c1-11-14(16(23)19(2)9-3-4-15(21)22)10-20(18-11)13-7-5-12(17)6-8-13/h5-8,10H,3-4,9H2,1-2H3,(H,21,22). The predicted octanol–water partition coefficient (Wildman–Crippen LogP) is 2.77. The van der Waals surface area contributed by atoms with Crippen LogP contribution in [0.3, 0.4) is 0 Å². The summed E-state index contributed by atoms with van der Waals surface area (Å²) in [7, 11) is 1.66. The summed E-state index contributed by atoms with van der Waals surface area (Å²) < 4.78 is 1.63. The normalized spacial score (nSPS) is 10.6. The molecule has 0 saturated carbocycles. The number of carboxylic acid groups (broad SMARTS) is 1. The monoisotopic (exact) mass is 335 g/mol. The quantitative estimate of drug-likeness (QED) is 0.880. The lowest BCUT2D eigenvalue weighted by atomic mass is 10.2. The maximum Gasteiger partial charge on any atom is 0.303 e. The minimum absolute atomic E-state index is 0.0423. The summed E-state index contributed by atoms with van der Waals surface area (Å²) in [5.41, 5.74) is 1.93. The van der Waals surface area contributed by atoms with E-state index < -0.39 is 5.97 Å². The van der Waals surface area contributed by atoms with E-state index in [4.69, 9.17) is 16.7 Å². The van der Waals surface area contributed by atoms with Gasteiger partial charge in [-0.25, -0.2) is 4.68 Å². The zero-order chi connectivity index (χ0) is 17.0. The van der Waals surface area contributed by atoms with Crippen LogP contribution in [-0.2, 0) is 4.79 Å². The average Bonchev–Trinajstić information content (AvgIpc) is 2.88. The van der Waals surface area contributed by atoms with Gasteiger partial charge in [0.1, 0.15) is 0 Å². The zero-order valence-electron chi connectivity index (χ0n) is 13.0. The molecule has 0 radical (unpaired) electrons. The molecule has 1 heterocycles. The van der Waals surface area contributed by atoms with Crippen molar-refractivity contribution in [1.29, 1.82) is 0 Å². The molecular weight excluding hydrogens is 318 g/mol. The molecule has 0 saturated heterocycles. The van der Waals surface area contributed by atoms with Gasteiger partial charge in [-0.1, -0.05) is 11.6 Å². The topological polar surface area (TPSA) is 75.4 Å². The van der Waals surface area contributed by atoms with Crippen molar-refractivity contribution in [2.24, 2.45) is 0 Å². The van der Waals surface area contributed by atoms with Gasteiger partial charge in [0.15, 0.2) is 0 Å². The first kappa shape index (κ1) is 17.0.